The average molecular weight is 853 g/mol. The molecule has 0 saturated carbocycles. The van der Waals surface area contributed by atoms with Crippen molar-refractivity contribution in [3.05, 3.63) is 216 Å². The summed E-state index contributed by atoms with van der Waals surface area (Å²) in [5.74, 6) is 5.48. The summed E-state index contributed by atoms with van der Waals surface area (Å²) in [6.45, 7) is 8.71. The SMILES string of the molecule is Cc1ccc(-c2nc(-c3ccccc3)nc(-c3cccc(-c4ccc5c(c4)C(C)(C)c4cc(-c6cccc(-c7nc(-c8ccccc8)nc(-c8ccc(C)cc8)n7)c6)ccc4O5)c3)n2)cc1. The molecule has 0 aliphatic carbocycles. The van der Waals surface area contributed by atoms with Crippen molar-refractivity contribution in [2.45, 2.75) is 33.1 Å². The van der Waals surface area contributed by atoms with E-state index in [-0.39, 0.29) is 5.41 Å². The van der Waals surface area contributed by atoms with Crippen molar-refractivity contribution >= 4 is 0 Å². The summed E-state index contributed by atoms with van der Waals surface area (Å²) < 4.78 is 6.66. The van der Waals surface area contributed by atoms with Gasteiger partial charge in [0.05, 0.1) is 0 Å². The molecule has 10 aromatic rings. The highest BCUT2D eigenvalue weighted by molar-refractivity contribution is 5.77. The molecule has 1 aliphatic heterocycles. The van der Waals surface area contributed by atoms with Crippen LogP contribution < -0.4 is 4.74 Å². The first-order valence-corrected chi connectivity index (χ1v) is 22.2. The fourth-order valence-electron chi connectivity index (χ4n) is 8.62. The van der Waals surface area contributed by atoms with E-state index in [9.17, 15) is 0 Å². The Morgan fingerprint density at radius 1 is 0.288 bits per heavy atom. The van der Waals surface area contributed by atoms with Crippen LogP contribution in [-0.4, -0.2) is 29.9 Å². The average Bonchev–Trinajstić information content (AvgIpc) is 3.37. The monoisotopic (exact) mass is 852 g/mol. The number of nitrogens with zero attached hydrogens (tertiary/aromatic N) is 6. The van der Waals surface area contributed by atoms with Crippen molar-refractivity contribution in [1.29, 1.82) is 0 Å². The normalized spacial score (nSPS) is 12.5. The Kier molecular flexibility index (Phi) is 10.2. The number of fused-ring (bicyclic) bond motifs is 2. The topological polar surface area (TPSA) is 86.6 Å². The Labute approximate surface area is 384 Å². The van der Waals surface area contributed by atoms with E-state index in [1.54, 1.807) is 0 Å². The van der Waals surface area contributed by atoms with Gasteiger partial charge in [-0.25, -0.2) is 29.9 Å². The Morgan fingerprint density at radius 3 is 0.955 bits per heavy atom. The molecule has 316 valence electrons. The van der Waals surface area contributed by atoms with Crippen molar-refractivity contribution < 1.29 is 4.74 Å². The highest BCUT2D eigenvalue weighted by atomic mass is 16.5. The smallest absolute Gasteiger partial charge is 0.164 e. The van der Waals surface area contributed by atoms with Crippen molar-refractivity contribution in [2.75, 3.05) is 0 Å². The van der Waals surface area contributed by atoms with Crippen LogP contribution in [0.4, 0.5) is 0 Å². The summed E-state index contributed by atoms with van der Waals surface area (Å²) in [6, 6.07) is 66.6. The number of hydrogen-bond donors (Lipinski definition) is 0. The molecule has 0 saturated heterocycles. The van der Waals surface area contributed by atoms with Crippen LogP contribution in [0.1, 0.15) is 36.1 Å². The molecule has 7 heteroatoms. The number of benzene rings is 8. The minimum Gasteiger partial charge on any atom is -0.457 e. The number of aromatic nitrogens is 6. The Bertz CT molecular complexity index is 3200. The number of aryl methyl sites for hydroxylation is 2. The second kappa shape index (κ2) is 16.6. The van der Waals surface area contributed by atoms with Crippen LogP contribution in [-0.2, 0) is 5.41 Å². The molecular formula is C59H44N6O. The summed E-state index contributed by atoms with van der Waals surface area (Å²) >= 11 is 0. The predicted octanol–water partition coefficient (Wildman–Crippen LogP) is 14.4. The van der Waals surface area contributed by atoms with E-state index in [4.69, 9.17) is 34.6 Å². The van der Waals surface area contributed by atoms with E-state index in [2.05, 4.69) is 161 Å². The molecule has 1 aliphatic rings. The van der Waals surface area contributed by atoms with E-state index in [0.717, 1.165) is 78.3 Å². The molecule has 0 bridgehead atoms. The van der Waals surface area contributed by atoms with Gasteiger partial charge in [0.2, 0.25) is 0 Å². The first kappa shape index (κ1) is 40.4. The fraction of sp³-hybridized carbons (Fsp3) is 0.0847. The van der Waals surface area contributed by atoms with Crippen molar-refractivity contribution in [2.24, 2.45) is 0 Å². The van der Waals surface area contributed by atoms with Gasteiger partial charge in [-0.15, -0.1) is 0 Å². The van der Waals surface area contributed by atoms with Crippen LogP contribution in [0.3, 0.4) is 0 Å². The molecule has 2 aromatic heterocycles. The first-order chi connectivity index (χ1) is 32.2. The second-order valence-electron chi connectivity index (χ2n) is 17.4. The molecule has 0 atom stereocenters. The van der Waals surface area contributed by atoms with Crippen LogP contribution in [0.5, 0.6) is 11.5 Å². The molecule has 7 nitrogen and oxygen atoms in total. The summed E-state index contributed by atoms with van der Waals surface area (Å²) in [6.07, 6.45) is 0. The summed E-state index contributed by atoms with van der Waals surface area (Å²) in [4.78, 5) is 29.9. The third-order valence-electron chi connectivity index (χ3n) is 12.4. The van der Waals surface area contributed by atoms with E-state index in [0.29, 0.717) is 34.9 Å². The van der Waals surface area contributed by atoms with Gasteiger partial charge in [0.15, 0.2) is 34.9 Å². The summed E-state index contributed by atoms with van der Waals surface area (Å²) in [5.41, 5.74) is 14.0. The molecule has 3 heterocycles. The van der Waals surface area contributed by atoms with Gasteiger partial charge in [0, 0.05) is 49.9 Å². The zero-order chi connectivity index (χ0) is 44.8. The second-order valence-corrected chi connectivity index (χ2v) is 17.4. The highest BCUT2D eigenvalue weighted by Crippen LogP contribution is 2.50. The third-order valence-corrected chi connectivity index (χ3v) is 12.4. The molecule has 0 amide bonds. The maximum atomic E-state index is 6.66. The fourth-order valence-corrected chi connectivity index (χ4v) is 8.62. The lowest BCUT2D eigenvalue weighted by Gasteiger charge is -2.35. The maximum absolute atomic E-state index is 6.66. The minimum atomic E-state index is -0.381. The standard InChI is InChI=1S/C59H44N6O/c1-37-21-25-41(26-22-37)55-60-53(39-13-7-5-8-14-39)62-57(64-55)47-19-11-17-43(33-47)45-29-31-51-49(35-45)59(3,4)50-36-46(30-32-52(50)66-51)44-18-12-20-48(34-44)58-63-54(40-15-9-6-10-16-40)61-56(65-58)42-27-23-38(2)24-28-42/h5-36H,1-4H3. The van der Waals surface area contributed by atoms with E-state index < -0.39 is 0 Å². The molecule has 11 rings (SSSR count). The van der Waals surface area contributed by atoms with Gasteiger partial charge in [-0.2, -0.15) is 0 Å². The molecule has 0 unspecified atom stereocenters. The van der Waals surface area contributed by atoms with Gasteiger partial charge in [-0.05, 0) is 72.5 Å². The van der Waals surface area contributed by atoms with Crippen molar-refractivity contribution in [3.8, 4) is 102 Å². The van der Waals surface area contributed by atoms with Gasteiger partial charge in [-0.3, -0.25) is 0 Å². The van der Waals surface area contributed by atoms with E-state index >= 15 is 0 Å². The highest BCUT2D eigenvalue weighted by Gasteiger charge is 2.35. The minimum absolute atomic E-state index is 0.381. The van der Waals surface area contributed by atoms with E-state index in [1.807, 2.05) is 60.7 Å². The van der Waals surface area contributed by atoms with Crippen LogP contribution in [0, 0.1) is 13.8 Å². The number of ether oxygens (including phenoxy) is 1. The van der Waals surface area contributed by atoms with Gasteiger partial charge in [0.25, 0.3) is 0 Å². The molecule has 66 heavy (non-hydrogen) atoms. The lowest BCUT2D eigenvalue weighted by Crippen LogP contribution is -2.24. The zero-order valence-electron chi connectivity index (χ0n) is 37.1. The third kappa shape index (κ3) is 7.81. The molecule has 0 radical (unpaired) electrons. The summed E-state index contributed by atoms with van der Waals surface area (Å²) in [5, 5.41) is 0. The van der Waals surface area contributed by atoms with Gasteiger partial charge < -0.3 is 4.74 Å². The lowest BCUT2D eigenvalue weighted by molar-refractivity contribution is 0.418. The number of hydrogen-bond acceptors (Lipinski definition) is 7. The zero-order valence-corrected chi connectivity index (χ0v) is 37.1. The van der Waals surface area contributed by atoms with Gasteiger partial charge in [0.1, 0.15) is 11.5 Å². The largest absolute Gasteiger partial charge is 0.457 e. The van der Waals surface area contributed by atoms with E-state index in [1.165, 1.54) is 11.1 Å². The van der Waals surface area contributed by atoms with Crippen LogP contribution in [0.25, 0.3) is 90.6 Å². The Morgan fingerprint density at radius 2 is 0.576 bits per heavy atom. The van der Waals surface area contributed by atoms with Crippen molar-refractivity contribution in [3.63, 3.8) is 0 Å². The molecule has 0 fully saturated rings. The molecule has 0 N–H and O–H groups in total. The molecule has 0 spiro atoms. The predicted molar refractivity (Wildman–Crippen MR) is 265 cm³/mol. The van der Waals surface area contributed by atoms with Gasteiger partial charge >= 0.3 is 0 Å². The van der Waals surface area contributed by atoms with Crippen LogP contribution in [0.15, 0.2) is 194 Å². The molecular weight excluding hydrogens is 809 g/mol. The quantitative estimate of drug-likeness (QED) is 0.150. The van der Waals surface area contributed by atoms with Gasteiger partial charge in [-0.1, -0.05) is 183 Å². The lowest BCUT2D eigenvalue weighted by atomic mass is 9.74. The first-order valence-electron chi connectivity index (χ1n) is 22.2. The number of rotatable bonds is 8. The Hall–Kier alpha value is -8.42. The maximum Gasteiger partial charge on any atom is 0.164 e. The van der Waals surface area contributed by atoms with Crippen molar-refractivity contribution in [1.82, 2.24) is 29.9 Å². The molecule has 8 aromatic carbocycles. The summed E-state index contributed by atoms with van der Waals surface area (Å²) in [7, 11) is 0. The Balaban J connectivity index is 0.929. The van der Waals surface area contributed by atoms with Crippen LogP contribution in [0.2, 0.25) is 0 Å². The van der Waals surface area contributed by atoms with Crippen LogP contribution >= 0.6 is 0 Å².